The molecule has 3 saturated heterocycles. The van der Waals surface area contributed by atoms with Crippen molar-refractivity contribution in [1.29, 1.82) is 0 Å². The minimum atomic E-state index is 0.764. The van der Waals surface area contributed by atoms with Crippen LogP contribution >= 0.6 is 0 Å². The van der Waals surface area contributed by atoms with Crippen molar-refractivity contribution >= 4 is 0 Å². The van der Waals surface area contributed by atoms with Crippen LogP contribution in [0.2, 0.25) is 0 Å². The maximum Gasteiger partial charge on any atom is 0.0223 e. The van der Waals surface area contributed by atoms with Crippen molar-refractivity contribution in [2.45, 2.75) is 57.0 Å². The first-order valence-corrected chi connectivity index (χ1v) is 8.11. The van der Waals surface area contributed by atoms with Crippen molar-refractivity contribution in [3.63, 3.8) is 0 Å². The normalized spacial score (nSPS) is 36.0. The third kappa shape index (κ3) is 3.25. The molecule has 3 fully saturated rings. The molecule has 3 heteroatoms. The molecule has 2 unspecified atom stereocenters. The molecule has 0 amide bonds. The zero-order chi connectivity index (χ0) is 12.2. The van der Waals surface area contributed by atoms with Crippen LogP contribution in [0.15, 0.2) is 0 Å². The van der Waals surface area contributed by atoms with Gasteiger partial charge in [0.25, 0.3) is 0 Å². The van der Waals surface area contributed by atoms with E-state index in [4.69, 9.17) is 0 Å². The van der Waals surface area contributed by atoms with E-state index in [9.17, 15) is 0 Å². The van der Waals surface area contributed by atoms with E-state index in [2.05, 4.69) is 15.1 Å². The van der Waals surface area contributed by atoms with E-state index in [1.165, 1.54) is 84.2 Å². The Kier molecular flexibility index (Phi) is 4.55. The molecule has 3 rings (SSSR count). The van der Waals surface area contributed by atoms with Gasteiger partial charge >= 0.3 is 0 Å². The molecular formula is C15H29N3. The molecule has 0 aromatic heterocycles. The van der Waals surface area contributed by atoms with Gasteiger partial charge in [0.15, 0.2) is 0 Å². The summed E-state index contributed by atoms with van der Waals surface area (Å²) in [5, 5.41) is 3.75. The lowest BCUT2D eigenvalue weighted by atomic mass is 10.1. The molecule has 0 saturated carbocycles. The Balaban J connectivity index is 1.51. The van der Waals surface area contributed by atoms with Gasteiger partial charge in [0, 0.05) is 25.2 Å². The molecular weight excluding hydrogens is 222 g/mol. The van der Waals surface area contributed by atoms with Crippen LogP contribution in [-0.2, 0) is 0 Å². The lowest BCUT2D eigenvalue weighted by Gasteiger charge is -2.29. The summed E-state index contributed by atoms with van der Waals surface area (Å²) >= 11 is 0. The van der Waals surface area contributed by atoms with Crippen molar-refractivity contribution in [1.82, 2.24) is 15.1 Å². The second kappa shape index (κ2) is 6.36. The van der Waals surface area contributed by atoms with Gasteiger partial charge in [0.2, 0.25) is 0 Å². The molecule has 3 nitrogen and oxygen atoms in total. The maximum absolute atomic E-state index is 3.75. The predicted molar refractivity (Wildman–Crippen MR) is 75.9 cm³/mol. The fourth-order valence-corrected chi connectivity index (χ4v) is 4.02. The molecule has 0 aromatic rings. The molecule has 3 aliphatic rings. The van der Waals surface area contributed by atoms with Gasteiger partial charge < -0.3 is 10.2 Å². The third-order valence-electron chi connectivity index (χ3n) is 5.03. The standard InChI is InChI=1S/C15H29N3/c1-2-6-14(16-8-3-1)12-17-9-5-11-18-10-4-7-15(18)13-17/h14-16H,1-13H2. The molecule has 104 valence electrons. The largest absolute Gasteiger partial charge is 0.313 e. The zero-order valence-electron chi connectivity index (χ0n) is 11.7. The van der Waals surface area contributed by atoms with Gasteiger partial charge in [-0.15, -0.1) is 0 Å². The summed E-state index contributed by atoms with van der Waals surface area (Å²) in [4.78, 5) is 5.49. The lowest BCUT2D eigenvalue weighted by Crippen LogP contribution is -2.44. The van der Waals surface area contributed by atoms with E-state index < -0.39 is 0 Å². The van der Waals surface area contributed by atoms with Crippen LogP contribution in [-0.4, -0.2) is 61.2 Å². The first kappa shape index (κ1) is 12.9. The van der Waals surface area contributed by atoms with Gasteiger partial charge in [-0.3, -0.25) is 4.90 Å². The average Bonchev–Trinajstić information content (AvgIpc) is 2.59. The van der Waals surface area contributed by atoms with E-state index in [1.807, 2.05) is 0 Å². The predicted octanol–water partition coefficient (Wildman–Crippen LogP) is 1.69. The van der Waals surface area contributed by atoms with Crippen LogP contribution in [0.1, 0.15) is 44.9 Å². The highest BCUT2D eigenvalue weighted by Crippen LogP contribution is 2.21. The molecule has 0 bridgehead atoms. The van der Waals surface area contributed by atoms with Crippen LogP contribution in [0.25, 0.3) is 0 Å². The molecule has 18 heavy (non-hydrogen) atoms. The quantitative estimate of drug-likeness (QED) is 0.806. The summed E-state index contributed by atoms with van der Waals surface area (Å²) in [6, 6.07) is 1.64. The lowest BCUT2D eigenvalue weighted by molar-refractivity contribution is 0.204. The Bertz CT molecular complexity index is 248. The van der Waals surface area contributed by atoms with Gasteiger partial charge in [-0.25, -0.2) is 0 Å². The van der Waals surface area contributed by atoms with E-state index in [0.29, 0.717) is 0 Å². The molecule has 0 spiro atoms. The van der Waals surface area contributed by atoms with E-state index >= 15 is 0 Å². The molecule has 3 aliphatic heterocycles. The summed E-state index contributed by atoms with van der Waals surface area (Å²) in [5.41, 5.74) is 0. The van der Waals surface area contributed by atoms with Crippen LogP contribution < -0.4 is 5.32 Å². The summed E-state index contributed by atoms with van der Waals surface area (Å²) in [6.07, 6.45) is 9.89. The van der Waals surface area contributed by atoms with Crippen molar-refractivity contribution in [2.75, 3.05) is 39.3 Å². The molecule has 1 N–H and O–H groups in total. The van der Waals surface area contributed by atoms with Gasteiger partial charge in [-0.2, -0.15) is 0 Å². The van der Waals surface area contributed by atoms with Gasteiger partial charge in [0.05, 0.1) is 0 Å². The first-order valence-electron chi connectivity index (χ1n) is 8.11. The highest BCUT2D eigenvalue weighted by Gasteiger charge is 2.29. The van der Waals surface area contributed by atoms with Gasteiger partial charge in [-0.05, 0) is 58.3 Å². The van der Waals surface area contributed by atoms with Crippen molar-refractivity contribution < 1.29 is 0 Å². The minimum Gasteiger partial charge on any atom is -0.313 e. The number of nitrogens with one attached hydrogen (secondary N) is 1. The van der Waals surface area contributed by atoms with Crippen molar-refractivity contribution in [3.8, 4) is 0 Å². The Labute approximate surface area is 112 Å². The number of rotatable bonds is 2. The van der Waals surface area contributed by atoms with Crippen molar-refractivity contribution in [3.05, 3.63) is 0 Å². The maximum atomic E-state index is 3.75. The minimum absolute atomic E-state index is 0.764. The fraction of sp³-hybridized carbons (Fsp3) is 1.00. The molecule has 0 aliphatic carbocycles. The van der Waals surface area contributed by atoms with Gasteiger partial charge in [0.1, 0.15) is 0 Å². The second-order valence-electron chi connectivity index (χ2n) is 6.45. The Hall–Kier alpha value is -0.120. The SMILES string of the molecule is C1CCNC(CN2CCCN3CCCC3C2)CC1. The molecule has 0 aromatic carbocycles. The van der Waals surface area contributed by atoms with Crippen LogP contribution in [0, 0.1) is 0 Å². The van der Waals surface area contributed by atoms with E-state index in [1.54, 1.807) is 0 Å². The van der Waals surface area contributed by atoms with Crippen molar-refractivity contribution in [2.24, 2.45) is 0 Å². The van der Waals surface area contributed by atoms with Crippen LogP contribution in [0.4, 0.5) is 0 Å². The first-order chi connectivity index (χ1) is 8.92. The summed E-state index contributed by atoms with van der Waals surface area (Å²) in [5.74, 6) is 0. The highest BCUT2D eigenvalue weighted by atomic mass is 15.3. The van der Waals surface area contributed by atoms with Gasteiger partial charge in [-0.1, -0.05) is 12.8 Å². The van der Waals surface area contributed by atoms with Crippen LogP contribution in [0.3, 0.4) is 0 Å². The molecule has 3 heterocycles. The number of hydrogen-bond donors (Lipinski definition) is 1. The van der Waals surface area contributed by atoms with E-state index in [0.717, 1.165) is 12.1 Å². The number of hydrogen-bond acceptors (Lipinski definition) is 3. The third-order valence-corrected chi connectivity index (χ3v) is 5.03. The highest BCUT2D eigenvalue weighted by molar-refractivity contribution is 4.86. The Morgan fingerprint density at radius 1 is 0.889 bits per heavy atom. The number of fused-ring (bicyclic) bond motifs is 1. The number of nitrogens with zero attached hydrogens (tertiary/aromatic N) is 2. The molecule has 0 radical (unpaired) electrons. The molecule has 2 atom stereocenters. The Morgan fingerprint density at radius 3 is 2.83 bits per heavy atom. The Morgan fingerprint density at radius 2 is 1.83 bits per heavy atom. The smallest absolute Gasteiger partial charge is 0.0223 e. The average molecular weight is 251 g/mol. The zero-order valence-corrected chi connectivity index (χ0v) is 11.7. The second-order valence-corrected chi connectivity index (χ2v) is 6.45. The van der Waals surface area contributed by atoms with E-state index in [-0.39, 0.29) is 0 Å². The summed E-state index contributed by atoms with van der Waals surface area (Å²) in [7, 11) is 0. The monoisotopic (exact) mass is 251 g/mol. The fourth-order valence-electron chi connectivity index (χ4n) is 4.02. The topological polar surface area (TPSA) is 18.5 Å². The van der Waals surface area contributed by atoms with Crippen LogP contribution in [0.5, 0.6) is 0 Å². The summed E-state index contributed by atoms with van der Waals surface area (Å²) < 4.78 is 0. The summed E-state index contributed by atoms with van der Waals surface area (Å²) in [6.45, 7) is 7.90.